The van der Waals surface area contributed by atoms with Gasteiger partial charge in [0.25, 0.3) is 0 Å². The number of carbonyl (C=O) groups is 2. The van der Waals surface area contributed by atoms with Crippen LogP contribution in [-0.4, -0.2) is 69.5 Å². The van der Waals surface area contributed by atoms with E-state index in [-0.39, 0.29) is 36.9 Å². The van der Waals surface area contributed by atoms with Gasteiger partial charge in [-0.25, -0.2) is 0 Å². The van der Waals surface area contributed by atoms with Crippen molar-refractivity contribution in [2.24, 2.45) is 5.92 Å². The topological polar surface area (TPSA) is 115 Å². The van der Waals surface area contributed by atoms with E-state index in [0.29, 0.717) is 31.2 Å². The van der Waals surface area contributed by atoms with Gasteiger partial charge in [-0.15, -0.1) is 0 Å². The first-order valence-corrected chi connectivity index (χ1v) is 9.34. The molecule has 1 aliphatic carbocycles. The van der Waals surface area contributed by atoms with Crippen LogP contribution in [0.4, 0.5) is 0 Å². The van der Waals surface area contributed by atoms with E-state index >= 15 is 0 Å². The molecule has 0 spiro atoms. The van der Waals surface area contributed by atoms with Crippen molar-refractivity contribution in [2.45, 2.75) is 37.8 Å². The number of carbonyl (C=O) groups excluding carboxylic acids is 2. The summed E-state index contributed by atoms with van der Waals surface area (Å²) in [7, 11) is 1.51. The van der Waals surface area contributed by atoms with Gasteiger partial charge in [0.2, 0.25) is 17.7 Å². The summed E-state index contributed by atoms with van der Waals surface area (Å²) in [5.41, 5.74) is -0.436. The summed E-state index contributed by atoms with van der Waals surface area (Å²) < 4.78 is 12.1. The fourth-order valence-electron chi connectivity index (χ4n) is 4.53. The molecular weight excluding hydrogens is 364 g/mol. The molecule has 10 nitrogen and oxygen atoms in total. The van der Waals surface area contributed by atoms with Crippen molar-refractivity contribution in [1.29, 1.82) is 0 Å². The number of likely N-dealkylation sites (tertiary alicyclic amines) is 1. The third-order valence-electron chi connectivity index (χ3n) is 5.68. The Morgan fingerprint density at radius 1 is 1.46 bits per heavy atom. The Balaban J connectivity index is 1.49. The number of amides is 2. The molecule has 1 saturated heterocycles. The highest BCUT2D eigenvalue weighted by Gasteiger charge is 2.58. The molecule has 2 fully saturated rings. The lowest BCUT2D eigenvalue weighted by molar-refractivity contribution is -0.134. The Hall–Kier alpha value is -2.75. The molecule has 0 radical (unpaired) electrons. The fourth-order valence-corrected chi connectivity index (χ4v) is 4.53. The second-order valence-corrected chi connectivity index (χ2v) is 7.61. The van der Waals surface area contributed by atoms with Crippen molar-refractivity contribution in [2.75, 3.05) is 26.8 Å². The van der Waals surface area contributed by atoms with E-state index < -0.39 is 5.41 Å². The zero-order valence-electron chi connectivity index (χ0n) is 16.0. The molecule has 150 valence electrons. The molecule has 4 rings (SSSR count). The van der Waals surface area contributed by atoms with Gasteiger partial charge in [0, 0.05) is 38.6 Å². The highest BCUT2D eigenvalue weighted by atomic mass is 16.5. The quantitative estimate of drug-likeness (QED) is 0.734. The maximum Gasteiger partial charge on any atom is 0.248 e. The smallest absolute Gasteiger partial charge is 0.248 e. The summed E-state index contributed by atoms with van der Waals surface area (Å²) >= 11 is 0. The maximum atomic E-state index is 12.4. The van der Waals surface area contributed by atoms with E-state index in [1.165, 1.54) is 7.11 Å². The predicted molar refractivity (Wildman–Crippen MR) is 96.1 cm³/mol. The molecule has 2 aromatic rings. The molecule has 1 aliphatic heterocycles. The number of aryl methyl sites for hydroxylation is 1. The van der Waals surface area contributed by atoms with Gasteiger partial charge in [-0.05, 0) is 31.7 Å². The van der Waals surface area contributed by atoms with Gasteiger partial charge in [0.1, 0.15) is 13.2 Å². The van der Waals surface area contributed by atoms with Crippen molar-refractivity contribution in [3.8, 4) is 0 Å². The molecule has 2 aliphatic rings. The maximum absolute atomic E-state index is 12.4. The minimum absolute atomic E-state index is 0.0139. The summed E-state index contributed by atoms with van der Waals surface area (Å²) in [5.74, 6) is 1.12. The third-order valence-corrected chi connectivity index (χ3v) is 5.68. The van der Waals surface area contributed by atoms with Crippen LogP contribution in [0.25, 0.3) is 0 Å². The van der Waals surface area contributed by atoms with Crippen molar-refractivity contribution in [1.82, 2.24) is 30.1 Å². The predicted octanol–water partition coefficient (Wildman–Crippen LogP) is -0.104. The Bertz CT molecular complexity index is 850. The number of ether oxygens (including phenoxy) is 1. The minimum atomic E-state index is -0.436. The van der Waals surface area contributed by atoms with Crippen LogP contribution < -0.4 is 5.32 Å². The summed E-state index contributed by atoms with van der Waals surface area (Å²) in [6.07, 6.45) is 4.81. The molecule has 28 heavy (non-hydrogen) atoms. The highest BCUT2D eigenvalue weighted by Crippen LogP contribution is 2.50. The van der Waals surface area contributed by atoms with Crippen LogP contribution in [-0.2, 0) is 26.3 Å². The van der Waals surface area contributed by atoms with Gasteiger partial charge >= 0.3 is 0 Å². The number of hydrogen-bond acceptors (Lipinski definition) is 7. The van der Waals surface area contributed by atoms with E-state index in [0.717, 1.165) is 6.42 Å². The largest absolute Gasteiger partial charge is 0.375 e. The third kappa shape index (κ3) is 3.39. The van der Waals surface area contributed by atoms with Crippen LogP contribution in [0.5, 0.6) is 0 Å². The van der Waals surface area contributed by atoms with Gasteiger partial charge in [-0.1, -0.05) is 5.16 Å². The first-order valence-electron chi connectivity index (χ1n) is 9.34. The Labute approximate surface area is 162 Å². The van der Waals surface area contributed by atoms with Crippen LogP contribution in [0, 0.1) is 12.8 Å². The summed E-state index contributed by atoms with van der Waals surface area (Å²) in [6.45, 7) is 3.09. The zero-order chi connectivity index (χ0) is 19.7. The average molecular weight is 388 g/mol. The lowest BCUT2D eigenvalue weighted by Crippen LogP contribution is -2.41. The lowest BCUT2D eigenvalue weighted by Gasteiger charge is -2.25. The molecule has 1 N–H and O–H groups in total. The number of aromatic nitrogens is 4. The molecule has 3 heterocycles. The molecule has 0 bridgehead atoms. The van der Waals surface area contributed by atoms with Crippen LogP contribution >= 0.6 is 0 Å². The highest BCUT2D eigenvalue weighted by molar-refractivity contribution is 5.78. The summed E-state index contributed by atoms with van der Waals surface area (Å²) in [5, 5.41) is 11.1. The van der Waals surface area contributed by atoms with Crippen LogP contribution in [0.3, 0.4) is 0 Å². The van der Waals surface area contributed by atoms with Gasteiger partial charge in [0.15, 0.2) is 5.82 Å². The molecule has 2 amide bonds. The fraction of sp³-hybridized carbons (Fsp3) is 0.611. The van der Waals surface area contributed by atoms with Crippen molar-refractivity contribution >= 4 is 11.8 Å². The van der Waals surface area contributed by atoms with Crippen molar-refractivity contribution < 1.29 is 18.8 Å². The van der Waals surface area contributed by atoms with Crippen molar-refractivity contribution in [3.63, 3.8) is 0 Å². The van der Waals surface area contributed by atoms with E-state index in [4.69, 9.17) is 9.26 Å². The van der Waals surface area contributed by atoms with Gasteiger partial charge in [0.05, 0.1) is 5.41 Å². The molecule has 2 aromatic heterocycles. The molecule has 1 unspecified atom stereocenters. The Kier molecular flexibility index (Phi) is 4.88. The standard InChI is InChI=1S/C18H24N6O4/c1-12-20-17(28-22-12)18-7-14(21-15(25)9-24-5-3-4-19-24)6-13(18)8-23(11-18)16(26)10-27-2/h3-5,13-14H,6-11H2,1-2H3,(H,21,25)/t13?,14-,18+/m1/s1. The lowest BCUT2D eigenvalue weighted by atomic mass is 9.80. The van der Waals surface area contributed by atoms with E-state index in [1.807, 2.05) is 0 Å². The molecule has 0 aromatic carbocycles. The minimum Gasteiger partial charge on any atom is -0.375 e. The SMILES string of the molecule is COCC(=O)N1CC2C[C@@H](NC(=O)Cn3cccn3)C[C@]2(c2nc(C)no2)C1. The van der Waals surface area contributed by atoms with E-state index in [1.54, 1.807) is 35.0 Å². The van der Waals surface area contributed by atoms with Crippen LogP contribution in [0.2, 0.25) is 0 Å². The van der Waals surface area contributed by atoms with Crippen molar-refractivity contribution in [3.05, 3.63) is 30.2 Å². The molecule has 3 atom stereocenters. The van der Waals surface area contributed by atoms with Gasteiger partial charge in [-0.3, -0.25) is 14.3 Å². The number of nitrogens with one attached hydrogen (secondary N) is 1. The first-order chi connectivity index (χ1) is 13.5. The van der Waals surface area contributed by atoms with E-state index in [9.17, 15) is 9.59 Å². The zero-order valence-corrected chi connectivity index (χ0v) is 16.0. The first kappa shape index (κ1) is 18.6. The monoisotopic (exact) mass is 388 g/mol. The number of nitrogens with zero attached hydrogens (tertiary/aromatic N) is 5. The average Bonchev–Trinajstić information content (AvgIpc) is 3.39. The second kappa shape index (κ2) is 7.34. The number of rotatable bonds is 6. The number of fused-ring (bicyclic) bond motifs is 1. The van der Waals surface area contributed by atoms with Crippen LogP contribution in [0.1, 0.15) is 24.6 Å². The molecular formula is C18H24N6O4. The normalized spacial score (nSPS) is 26.4. The molecule has 10 heteroatoms. The number of hydrogen-bond donors (Lipinski definition) is 1. The van der Waals surface area contributed by atoms with Crippen LogP contribution in [0.15, 0.2) is 23.0 Å². The molecule has 1 saturated carbocycles. The summed E-state index contributed by atoms with van der Waals surface area (Å²) in [6, 6.07) is 1.77. The van der Waals surface area contributed by atoms with Gasteiger partial charge in [-0.2, -0.15) is 10.1 Å². The Morgan fingerprint density at radius 2 is 2.32 bits per heavy atom. The van der Waals surface area contributed by atoms with E-state index in [2.05, 4.69) is 20.6 Å². The summed E-state index contributed by atoms with van der Waals surface area (Å²) in [4.78, 5) is 31.0. The Morgan fingerprint density at radius 3 is 3.00 bits per heavy atom. The number of methoxy groups -OCH3 is 1. The second-order valence-electron chi connectivity index (χ2n) is 7.61. The van der Waals surface area contributed by atoms with Gasteiger partial charge < -0.3 is 19.5 Å².